The largest absolute Gasteiger partial charge is 0.336 e. The minimum atomic E-state index is -0.313. The van der Waals surface area contributed by atoms with Crippen LogP contribution in [0.2, 0.25) is 0 Å². The second kappa shape index (κ2) is 7.72. The van der Waals surface area contributed by atoms with Crippen LogP contribution in [0.4, 0.5) is 4.79 Å². The second-order valence-electron chi connectivity index (χ2n) is 7.12. The van der Waals surface area contributed by atoms with Crippen molar-refractivity contribution in [3.05, 3.63) is 83.4 Å². The van der Waals surface area contributed by atoms with Crippen molar-refractivity contribution in [1.82, 2.24) is 15.8 Å². The number of rotatable bonds is 2. The van der Waals surface area contributed by atoms with Crippen LogP contribution in [-0.4, -0.2) is 23.4 Å². The molecule has 1 atom stereocenters. The Morgan fingerprint density at radius 1 is 0.929 bits per heavy atom. The number of hydrazine groups is 1. The van der Waals surface area contributed by atoms with Gasteiger partial charge in [0, 0.05) is 12.1 Å². The van der Waals surface area contributed by atoms with Crippen LogP contribution >= 0.6 is 0 Å². The number of carbonyl (C=O) groups excluding carboxylic acids is 2. The molecule has 1 saturated heterocycles. The number of hydrogen-bond donors (Lipinski definition) is 2. The minimum Gasteiger partial charge on any atom is -0.316 e. The van der Waals surface area contributed by atoms with Crippen molar-refractivity contribution in [2.24, 2.45) is 0 Å². The molecule has 0 aliphatic carbocycles. The van der Waals surface area contributed by atoms with Gasteiger partial charge >= 0.3 is 6.03 Å². The van der Waals surface area contributed by atoms with Gasteiger partial charge < -0.3 is 4.90 Å². The van der Waals surface area contributed by atoms with E-state index in [1.807, 2.05) is 37.3 Å². The zero-order chi connectivity index (χ0) is 19.5. The Morgan fingerprint density at radius 2 is 1.68 bits per heavy atom. The van der Waals surface area contributed by atoms with Crippen LogP contribution in [-0.2, 0) is 0 Å². The highest BCUT2D eigenvalue weighted by molar-refractivity contribution is 5.96. The van der Waals surface area contributed by atoms with E-state index in [0.29, 0.717) is 12.1 Å². The van der Waals surface area contributed by atoms with Crippen molar-refractivity contribution >= 4 is 22.7 Å². The van der Waals surface area contributed by atoms with Crippen LogP contribution in [0.3, 0.4) is 0 Å². The molecular weight excluding hydrogens is 350 g/mol. The van der Waals surface area contributed by atoms with Gasteiger partial charge in [-0.1, -0.05) is 60.7 Å². The predicted molar refractivity (Wildman–Crippen MR) is 110 cm³/mol. The molecule has 1 aliphatic rings. The molecule has 0 unspecified atom stereocenters. The molecule has 3 amide bonds. The molecule has 5 nitrogen and oxygen atoms in total. The van der Waals surface area contributed by atoms with E-state index in [-0.39, 0.29) is 18.0 Å². The van der Waals surface area contributed by atoms with Crippen molar-refractivity contribution in [2.45, 2.75) is 25.8 Å². The Kier molecular flexibility index (Phi) is 4.98. The van der Waals surface area contributed by atoms with Gasteiger partial charge in [0.05, 0.1) is 6.04 Å². The molecule has 1 fully saturated rings. The van der Waals surface area contributed by atoms with E-state index in [1.54, 1.807) is 17.0 Å². The molecule has 0 bridgehead atoms. The number of urea groups is 1. The first-order valence-electron chi connectivity index (χ1n) is 9.55. The number of nitrogens with one attached hydrogen (secondary N) is 2. The maximum absolute atomic E-state index is 12.8. The van der Waals surface area contributed by atoms with E-state index in [1.165, 1.54) is 10.8 Å². The van der Waals surface area contributed by atoms with Crippen LogP contribution in [0.5, 0.6) is 0 Å². The van der Waals surface area contributed by atoms with E-state index in [2.05, 4.69) is 35.1 Å². The summed E-state index contributed by atoms with van der Waals surface area (Å²) < 4.78 is 0. The maximum atomic E-state index is 12.8. The number of benzene rings is 3. The number of likely N-dealkylation sites (tertiary alicyclic amines) is 1. The fraction of sp³-hybridized carbons (Fsp3) is 0.217. The third kappa shape index (κ3) is 3.43. The zero-order valence-electron chi connectivity index (χ0n) is 15.8. The van der Waals surface area contributed by atoms with Crippen LogP contribution < -0.4 is 10.9 Å². The molecule has 4 rings (SSSR count). The van der Waals surface area contributed by atoms with Gasteiger partial charge in [-0.15, -0.1) is 0 Å². The number of fused-ring (bicyclic) bond motifs is 1. The average Bonchev–Trinajstić information content (AvgIpc) is 3.21. The standard InChI is InChI=1S/C23H23N3O2/c1-16-8-2-4-11-18(16)22(27)24-25-23(28)26-15-7-14-21(26)20-13-6-10-17-9-3-5-12-19(17)20/h2-6,8-13,21H,7,14-15H2,1H3,(H,24,27)(H,25,28)/t21-/m0/s1. The molecule has 0 radical (unpaired) electrons. The SMILES string of the molecule is Cc1ccccc1C(=O)NNC(=O)N1CCC[C@H]1c1cccc2ccccc12. The van der Waals surface area contributed by atoms with Gasteiger partial charge in [-0.25, -0.2) is 10.2 Å². The summed E-state index contributed by atoms with van der Waals surface area (Å²) >= 11 is 0. The summed E-state index contributed by atoms with van der Waals surface area (Å²) in [6, 6.07) is 21.4. The van der Waals surface area contributed by atoms with E-state index in [9.17, 15) is 9.59 Å². The fourth-order valence-corrected chi connectivity index (χ4v) is 3.95. The van der Waals surface area contributed by atoms with Crippen molar-refractivity contribution in [1.29, 1.82) is 0 Å². The van der Waals surface area contributed by atoms with Gasteiger partial charge in [-0.2, -0.15) is 0 Å². The lowest BCUT2D eigenvalue weighted by atomic mass is 9.97. The van der Waals surface area contributed by atoms with Gasteiger partial charge in [0.25, 0.3) is 5.91 Å². The van der Waals surface area contributed by atoms with E-state index in [4.69, 9.17) is 0 Å². The molecule has 28 heavy (non-hydrogen) atoms. The van der Waals surface area contributed by atoms with Crippen LogP contribution in [0.15, 0.2) is 66.7 Å². The monoisotopic (exact) mass is 373 g/mol. The lowest BCUT2D eigenvalue weighted by Gasteiger charge is -2.26. The molecule has 0 aromatic heterocycles. The quantitative estimate of drug-likeness (QED) is 0.657. The Balaban J connectivity index is 1.50. The van der Waals surface area contributed by atoms with Crippen molar-refractivity contribution < 1.29 is 9.59 Å². The summed E-state index contributed by atoms with van der Waals surface area (Å²) in [6.07, 6.45) is 1.85. The third-order valence-electron chi connectivity index (χ3n) is 5.37. The van der Waals surface area contributed by atoms with Gasteiger partial charge in [0.1, 0.15) is 0 Å². The number of nitrogens with zero attached hydrogens (tertiary/aromatic N) is 1. The molecule has 0 saturated carbocycles. The van der Waals surface area contributed by atoms with Crippen LogP contribution in [0.1, 0.15) is 40.4 Å². The summed E-state index contributed by atoms with van der Waals surface area (Å²) in [4.78, 5) is 27.0. The first-order valence-corrected chi connectivity index (χ1v) is 9.55. The molecule has 2 N–H and O–H groups in total. The number of amides is 3. The van der Waals surface area contributed by atoms with E-state index < -0.39 is 0 Å². The average molecular weight is 373 g/mol. The van der Waals surface area contributed by atoms with Gasteiger partial charge in [0.2, 0.25) is 0 Å². The summed E-state index contributed by atoms with van der Waals surface area (Å²) in [5.41, 5.74) is 7.70. The zero-order valence-corrected chi connectivity index (χ0v) is 15.8. The topological polar surface area (TPSA) is 61.4 Å². The molecular formula is C23H23N3O2. The van der Waals surface area contributed by atoms with Crippen molar-refractivity contribution in [2.75, 3.05) is 6.54 Å². The molecule has 5 heteroatoms. The molecule has 0 spiro atoms. The summed E-state index contributed by atoms with van der Waals surface area (Å²) in [5, 5.41) is 2.33. The van der Waals surface area contributed by atoms with E-state index >= 15 is 0 Å². The Morgan fingerprint density at radius 3 is 2.54 bits per heavy atom. The number of aryl methyl sites for hydroxylation is 1. The molecule has 1 aliphatic heterocycles. The minimum absolute atomic E-state index is 0.00136. The van der Waals surface area contributed by atoms with Crippen molar-refractivity contribution in [3.8, 4) is 0 Å². The summed E-state index contributed by atoms with van der Waals surface area (Å²) in [5.74, 6) is -0.313. The highest BCUT2D eigenvalue weighted by Crippen LogP contribution is 2.35. The molecule has 1 heterocycles. The lowest BCUT2D eigenvalue weighted by Crippen LogP contribution is -2.48. The number of carbonyl (C=O) groups is 2. The fourth-order valence-electron chi connectivity index (χ4n) is 3.95. The van der Waals surface area contributed by atoms with Crippen molar-refractivity contribution in [3.63, 3.8) is 0 Å². The lowest BCUT2D eigenvalue weighted by molar-refractivity contribution is 0.0928. The molecule has 142 valence electrons. The third-order valence-corrected chi connectivity index (χ3v) is 5.37. The normalized spacial score (nSPS) is 16.2. The van der Waals surface area contributed by atoms with Crippen LogP contribution in [0, 0.1) is 6.92 Å². The smallest absolute Gasteiger partial charge is 0.316 e. The van der Waals surface area contributed by atoms with Gasteiger partial charge in [-0.05, 0) is 47.7 Å². The first kappa shape index (κ1) is 18.0. The first-order chi connectivity index (χ1) is 13.6. The molecule has 3 aromatic carbocycles. The maximum Gasteiger partial charge on any atom is 0.336 e. The predicted octanol–water partition coefficient (Wildman–Crippen LogP) is 4.34. The Bertz CT molecular complexity index is 1030. The van der Waals surface area contributed by atoms with Crippen LogP contribution in [0.25, 0.3) is 10.8 Å². The van der Waals surface area contributed by atoms with E-state index in [0.717, 1.165) is 24.0 Å². The highest BCUT2D eigenvalue weighted by atomic mass is 16.2. The van der Waals surface area contributed by atoms with Gasteiger partial charge in [-0.3, -0.25) is 10.2 Å². The highest BCUT2D eigenvalue weighted by Gasteiger charge is 2.31. The Labute approximate surface area is 164 Å². The summed E-state index contributed by atoms with van der Waals surface area (Å²) in [6.45, 7) is 2.54. The Hall–Kier alpha value is -3.34. The second-order valence-corrected chi connectivity index (χ2v) is 7.12. The molecule has 3 aromatic rings. The van der Waals surface area contributed by atoms with Gasteiger partial charge in [0.15, 0.2) is 0 Å². The summed E-state index contributed by atoms with van der Waals surface area (Å²) in [7, 11) is 0. The number of hydrogen-bond acceptors (Lipinski definition) is 2.